The van der Waals surface area contributed by atoms with Crippen LogP contribution < -0.4 is 10.6 Å². The molecule has 0 radical (unpaired) electrons. The van der Waals surface area contributed by atoms with Gasteiger partial charge in [-0.2, -0.15) is 5.26 Å². The van der Waals surface area contributed by atoms with E-state index in [1.165, 1.54) is 0 Å². The SMILES string of the molecule is CCCNC(=O)Nc1ccc(C#N)cc1. The minimum Gasteiger partial charge on any atom is -0.338 e. The minimum absolute atomic E-state index is 0.221. The fourth-order valence-corrected chi connectivity index (χ4v) is 1.04. The maximum Gasteiger partial charge on any atom is 0.319 e. The van der Waals surface area contributed by atoms with Crippen LogP contribution in [0, 0.1) is 11.3 Å². The summed E-state index contributed by atoms with van der Waals surface area (Å²) in [6.07, 6.45) is 0.904. The molecule has 0 aromatic heterocycles. The summed E-state index contributed by atoms with van der Waals surface area (Å²) in [5, 5.41) is 13.9. The number of hydrogen-bond acceptors (Lipinski definition) is 2. The highest BCUT2D eigenvalue weighted by Gasteiger charge is 1.99. The molecule has 0 bridgehead atoms. The Labute approximate surface area is 88.9 Å². The first kappa shape index (κ1) is 11.1. The van der Waals surface area contributed by atoms with Crippen LogP contribution in [-0.4, -0.2) is 12.6 Å². The molecule has 0 aliphatic carbocycles. The lowest BCUT2D eigenvalue weighted by Crippen LogP contribution is -2.29. The summed E-state index contributed by atoms with van der Waals surface area (Å²) in [4.78, 5) is 11.2. The summed E-state index contributed by atoms with van der Waals surface area (Å²) in [6, 6.07) is 8.51. The van der Waals surface area contributed by atoms with Crippen molar-refractivity contribution in [1.29, 1.82) is 5.26 Å². The van der Waals surface area contributed by atoms with Crippen molar-refractivity contribution < 1.29 is 4.79 Å². The van der Waals surface area contributed by atoms with Crippen molar-refractivity contribution in [1.82, 2.24) is 5.32 Å². The van der Waals surface area contributed by atoms with Gasteiger partial charge in [-0.3, -0.25) is 0 Å². The molecule has 0 unspecified atom stereocenters. The number of hydrogen-bond donors (Lipinski definition) is 2. The number of benzene rings is 1. The van der Waals surface area contributed by atoms with Crippen LogP contribution in [0.4, 0.5) is 10.5 Å². The second kappa shape index (κ2) is 5.66. The summed E-state index contributed by atoms with van der Waals surface area (Å²) in [6.45, 7) is 2.64. The number of nitriles is 1. The van der Waals surface area contributed by atoms with Gasteiger partial charge in [0.1, 0.15) is 0 Å². The van der Waals surface area contributed by atoms with E-state index >= 15 is 0 Å². The van der Waals surface area contributed by atoms with E-state index < -0.39 is 0 Å². The number of carbonyl (C=O) groups excluding carboxylic acids is 1. The molecule has 1 rings (SSSR count). The standard InChI is InChI=1S/C11H13N3O/c1-2-7-13-11(15)14-10-5-3-9(8-12)4-6-10/h3-6H,2,7H2,1H3,(H2,13,14,15). The molecule has 0 heterocycles. The van der Waals surface area contributed by atoms with E-state index in [-0.39, 0.29) is 6.03 Å². The first-order chi connectivity index (χ1) is 7.26. The molecule has 4 heteroatoms. The number of amides is 2. The van der Waals surface area contributed by atoms with Crippen molar-refractivity contribution in [3.8, 4) is 6.07 Å². The Hall–Kier alpha value is -2.02. The van der Waals surface area contributed by atoms with Gasteiger partial charge in [-0.05, 0) is 30.7 Å². The van der Waals surface area contributed by atoms with Crippen molar-refractivity contribution in [2.75, 3.05) is 11.9 Å². The van der Waals surface area contributed by atoms with Gasteiger partial charge < -0.3 is 10.6 Å². The molecule has 0 aliphatic heterocycles. The lowest BCUT2D eigenvalue weighted by atomic mass is 10.2. The molecule has 0 saturated carbocycles. The Bertz CT molecular complexity index is 364. The number of urea groups is 1. The highest BCUT2D eigenvalue weighted by atomic mass is 16.2. The molecule has 2 N–H and O–H groups in total. The smallest absolute Gasteiger partial charge is 0.319 e. The van der Waals surface area contributed by atoms with Crippen molar-refractivity contribution in [3.05, 3.63) is 29.8 Å². The van der Waals surface area contributed by atoms with E-state index in [0.717, 1.165) is 6.42 Å². The summed E-state index contributed by atoms with van der Waals surface area (Å²) in [5.74, 6) is 0. The maximum atomic E-state index is 11.2. The minimum atomic E-state index is -0.221. The Morgan fingerprint density at radius 2 is 2.07 bits per heavy atom. The zero-order chi connectivity index (χ0) is 11.1. The van der Waals surface area contributed by atoms with E-state index in [0.29, 0.717) is 17.8 Å². The molecule has 1 aromatic carbocycles. The number of rotatable bonds is 3. The summed E-state index contributed by atoms with van der Waals surface area (Å²) < 4.78 is 0. The molecule has 78 valence electrons. The van der Waals surface area contributed by atoms with Gasteiger partial charge in [0.2, 0.25) is 0 Å². The summed E-state index contributed by atoms with van der Waals surface area (Å²) in [5.41, 5.74) is 1.26. The third kappa shape index (κ3) is 3.69. The van der Waals surface area contributed by atoms with Crippen LogP contribution in [0.5, 0.6) is 0 Å². The maximum absolute atomic E-state index is 11.2. The van der Waals surface area contributed by atoms with Gasteiger partial charge >= 0.3 is 6.03 Å². The molecule has 2 amide bonds. The summed E-state index contributed by atoms with van der Waals surface area (Å²) >= 11 is 0. The Balaban J connectivity index is 2.50. The third-order valence-electron chi connectivity index (χ3n) is 1.81. The van der Waals surface area contributed by atoms with Gasteiger partial charge in [0.15, 0.2) is 0 Å². The number of carbonyl (C=O) groups is 1. The van der Waals surface area contributed by atoms with E-state index in [4.69, 9.17) is 5.26 Å². The molecule has 0 saturated heterocycles. The first-order valence-electron chi connectivity index (χ1n) is 4.81. The average Bonchev–Trinajstić information content (AvgIpc) is 2.27. The van der Waals surface area contributed by atoms with Crippen LogP contribution in [0.2, 0.25) is 0 Å². The molecule has 1 aromatic rings. The van der Waals surface area contributed by atoms with Gasteiger partial charge in [-0.15, -0.1) is 0 Å². The van der Waals surface area contributed by atoms with Gasteiger partial charge in [0, 0.05) is 12.2 Å². The molecule has 0 spiro atoms. The Morgan fingerprint density at radius 1 is 1.40 bits per heavy atom. The molecular formula is C11H13N3O. The van der Waals surface area contributed by atoms with Crippen LogP contribution in [0.3, 0.4) is 0 Å². The number of anilines is 1. The highest BCUT2D eigenvalue weighted by molar-refractivity contribution is 5.89. The monoisotopic (exact) mass is 203 g/mol. The zero-order valence-corrected chi connectivity index (χ0v) is 8.58. The number of nitrogens with zero attached hydrogens (tertiary/aromatic N) is 1. The Kier molecular flexibility index (Phi) is 4.17. The highest BCUT2D eigenvalue weighted by Crippen LogP contribution is 2.08. The second-order valence-electron chi connectivity index (χ2n) is 3.07. The van der Waals surface area contributed by atoms with Crippen LogP contribution in [0.25, 0.3) is 0 Å². The predicted molar refractivity (Wildman–Crippen MR) is 58.5 cm³/mol. The fraction of sp³-hybridized carbons (Fsp3) is 0.273. The van der Waals surface area contributed by atoms with Crippen molar-refractivity contribution in [2.45, 2.75) is 13.3 Å². The van der Waals surface area contributed by atoms with Crippen LogP contribution in [0.1, 0.15) is 18.9 Å². The average molecular weight is 203 g/mol. The van der Waals surface area contributed by atoms with Gasteiger partial charge in [0.05, 0.1) is 11.6 Å². The van der Waals surface area contributed by atoms with Gasteiger partial charge in [0.25, 0.3) is 0 Å². The van der Waals surface area contributed by atoms with E-state index in [2.05, 4.69) is 10.6 Å². The van der Waals surface area contributed by atoms with E-state index in [9.17, 15) is 4.79 Å². The van der Waals surface area contributed by atoms with Gasteiger partial charge in [-0.25, -0.2) is 4.79 Å². The lowest BCUT2D eigenvalue weighted by molar-refractivity contribution is 0.252. The number of nitrogens with one attached hydrogen (secondary N) is 2. The first-order valence-corrected chi connectivity index (χ1v) is 4.81. The van der Waals surface area contributed by atoms with E-state index in [1.54, 1.807) is 24.3 Å². The molecule has 15 heavy (non-hydrogen) atoms. The molecule has 4 nitrogen and oxygen atoms in total. The predicted octanol–water partition coefficient (Wildman–Crippen LogP) is 2.09. The molecule has 0 atom stereocenters. The van der Waals surface area contributed by atoms with Gasteiger partial charge in [-0.1, -0.05) is 6.92 Å². The summed E-state index contributed by atoms with van der Waals surface area (Å²) in [7, 11) is 0. The molecular weight excluding hydrogens is 190 g/mol. The zero-order valence-electron chi connectivity index (χ0n) is 8.58. The molecule has 0 aliphatic rings. The van der Waals surface area contributed by atoms with Crippen LogP contribution in [0.15, 0.2) is 24.3 Å². The fourth-order valence-electron chi connectivity index (χ4n) is 1.04. The topological polar surface area (TPSA) is 64.9 Å². The normalized spacial score (nSPS) is 9.07. The van der Waals surface area contributed by atoms with Crippen molar-refractivity contribution in [2.24, 2.45) is 0 Å². The quantitative estimate of drug-likeness (QED) is 0.790. The lowest BCUT2D eigenvalue weighted by Gasteiger charge is -2.05. The van der Waals surface area contributed by atoms with Crippen LogP contribution in [-0.2, 0) is 0 Å². The Morgan fingerprint density at radius 3 is 2.60 bits per heavy atom. The van der Waals surface area contributed by atoms with Crippen molar-refractivity contribution in [3.63, 3.8) is 0 Å². The van der Waals surface area contributed by atoms with Crippen LogP contribution >= 0.6 is 0 Å². The van der Waals surface area contributed by atoms with Crippen molar-refractivity contribution >= 4 is 11.7 Å². The largest absolute Gasteiger partial charge is 0.338 e. The third-order valence-corrected chi connectivity index (χ3v) is 1.81. The second-order valence-corrected chi connectivity index (χ2v) is 3.07. The van der Waals surface area contributed by atoms with E-state index in [1.807, 2.05) is 13.0 Å². The molecule has 0 fully saturated rings.